The van der Waals surface area contributed by atoms with Crippen LogP contribution in [0.4, 0.5) is 0 Å². The second kappa shape index (κ2) is 33.0. The SMILES string of the molecule is CCCCCCCCCCCCCCN(C)CCNCCNCCN(C)CCCCCCCCCCCC. The first kappa shape index (κ1) is 37.8. The molecule has 4 nitrogen and oxygen atoms in total. The minimum atomic E-state index is 1.08. The molecule has 0 saturated carbocycles. The summed E-state index contributed by atoms with van der Waals surface area (Å²) in [6.07, 6.45) is 31.4. The molecule has 0 radical (unpaired) electrons. The van der Waals surface area contributed by atoms with Gasteiger partial charge in [-0.05, 0) is 40.0 Å². The van der Waals surface area contributed by atoms with Crippen LogP contribution in [0.2, 0.25) is 0 Å². The summed E-state index contributed by atoms with van der Waals surface area (Å²) in [5.74, 6) is 0. The zero-order valence-electron chi connectivity index (χ0n) is 27.1. The predicted molar refractivity (Wildman–Crippen MR) is 174 cm³/mol. The van der Waals surface area contributed by atoms with Gasteiger partial charge in [0.15, 0.2) is 0 Å². The number of hydrogen-bond donors (Lipinski definition) is 2. The van der Waals surface area contributed by atoms with Crippen molar-refractivity contribution in [2.75, 3.05) is 66.5 Å². The standard InChI is InChI=1S/C34H74N4/c1-5-7-9-11-13-15-17-18-20-22-24-26-32-38(4)34-30-36-28-27-35-29-33-37(3)31-25-23-21-19-16-14-12-10-8-6-2/h35-36H,5-34H2,1-4H3. The fourth-order valence-corrected chi connectivity index (χ4v) is 5.28. The molecule has 0 aromatic rings. The molecule has 0 amide bonds. The van der Waals surface area contributed by atoms with Crippen LogP contribution in [0.3, 0.4) is 0 Å². The van der Waals surface area contributed by atoms with E-state index in [1.165, 1.54) is 167 Å². The molecule has 0 rings (SSSR count). The summed E-state index contributed by atoms with van der Waals surface area (Å²) in [5, 5.41) is 7.21. The molecular formula is C34H74N4. The van der Waals surface area contributed by atoms with Crippen molar-refractivity contribution in [3.8, 4) is 0 Å². The van der Waals surface area contributed by atoms with Gasteiger partial charge in [0.2, 0.25) is 0 Å². The Morgan fingerprint density at radius 1 is 0.316 bits per heavy atom. The van der Waals surface area contributed by atoms with E-state index in [1.54, 1.807) is 0 Å². The highest BCUT2D eigenvalue weighted by molar-refractivity contribution is 4.60. The van der Waals surface area contributed by atoms with Crippen molar-refractivity contribution in [3.63, 3.8) is 0 Å². The first-order chi connectivity index (χ1) is 18.7. The van der Waals surface area contributed by atoms with Crippen LogP contribution in [0.15, 0.2) is 0 Å². The van der Waals surface area contributed by atoms with Gasteiger partial charge in [0, 0.05) is 39.3 Å². The molecule has 230 valence electrons. The first-order valence-electron chi connectivity index (χ1n) is 17.5. The number of nitrogens with one attached hydrogen (secondary N) is 2. The Kier molecular flexibility index (Phi) is 32.9. The van der Waals surface area contributed by atoms with Crippen LogP contribution in [0, 0.1) is 0 Å². The third-order valence-electron chi connectivity index (χ3n) is 8.11. The minimum Gasteiger partial charge on any atom is -0.314 e. The molecule has 0 fully saturated rings. The molecule has 38 heavy (non-hydrogen) atoms. The van der Waals surface area contributed by atoms with Crippen molar-refractivity contribution in [3.05, 3.63) is 0 Å². The van der Waals surface area contributed by atoms with Crippen LogP contribution < -0.4 is 10.6 Å². The summed E-state index contributed by atoms with van der Waals surface area (Å²) in [6.45, 7) is 13.8. The summed E-state index contributed by atoms with van der Waals surface area (Å²) in [7, 11) is 4.56. The van der Waals surface area contributed by atoms with E-state index in [0.29, 0.717) is 0 Å². The van der Waals surface area contributed by atoms with Crippen molar-refractivity contribution >= 4 is 0 Å². The maximum atomic E-state index is 3.61. The molecule has 0 unspecified atom stereocenters. The lowest BCUT2D eigenvalue weighted by molar-refractivity contribution is 0.316. The summed E-state index contributed by atoms with van der Waals surface area (Å²) >= 11 is 0. The van der Waals surface area contributed by atoms with Gasteiger partial charge in [-0.2, -0.15) is 0 Å². The highest BCUT2D eigenvalue weighted by atomic mass is 15.1. The van der Waals surface area contributed by atoms with Crippen molar-refractivity contribution in [1.29, 1.82) is 0 Å². The van der Waals surface area contributed by atoms with Gasteiger partial charge in [0.25, 0.3) is 0 Å². The molecule has 0 heterocycles. The zero-order chi connectivity index (χ0) is 27.8. The molecule has 0 aliphatic rings. The van der Waals surface area contributed by atoms with Gasteiger partial charge < -0.3 is 20.4 Å². The number of unbranched alkanes of at least 4 members (excludes halogenated alkanes) is 20. The number of hydrogen-bond acceptors (Lipinski definition) is 4. The van der Waals surface area contributed by atoms with Gasteiger partial charge in [0.05, 0.1) is 0 Å². The van der Waals surface area contributed by atoms with Crippen molar-refractivity contribution < 1.29 is 0 Å². The van der Waals surface area contributed by atoms with E-state index in [4.69, 9.17) is 0 Å². The Morgan fingerprint density at radius 2 is 0.579 bits per heavy atom. The highest BCUT2D eigenvalue weighted by Crippen LogP contribution is 2.12. The molecule has 4 heteroatoms. The van der Waals surface area contributed by atoms with Gasteiger partial charge >= 0.3 is 0 Å². The van der Waals surface area contributed by atoms with E-state index in [0.717, 1.165) is 26.2 Å². The van der Waals surface area contributed by atoms with E-state index >= 15 is 0 Å². The average Bonchev–Trinajstić information content (AvgIpc) is 2.91. The second-order valence-corrected chi connectivity index (χ2v) is 12.2. The second-order valence-electron chi connectivity index (χ2n) is 12.2. The monoisotopic (exact) mass is 539 g/mol. The van der Waals surface area contributed by atoms with Gasteiger partial charge in [-0.15, -0.1) is 0 Å². The average molecular weight is 539 g/mol. The first-order valence-corrected chi connectivity index (χ1v) is 17.5. The minimum absolute atomic E-state index is 1.08. The molecule has 0 aliphatic heterocycles. The third-order valence-corrected chi connectivity index (χ3v) is 8.11. The highest BCUT2D eigenvalue weighted by Gasteiger charge is 2.00. The van der Waals surface area contributed by atoms with Crippen LogP contribution in [-0.4, -0.2) is 76.3 Å². The molecule has 0 aliphatic carbocycles. The number of likely N-dealkylation sites (N-methyl/N-ethyl adjacent to an activating group) is 2. The molecule has 0 bridgehead atoms. The van der Waals surface area contributed by atoms with Crippen LogP contribution in [-0.2, 0) is 0 Å². The largest absolute Gasteiger partial charge is 0.314 e. The van der Waals surface area contributed by atoms with E-state index in [2.05, 4.69) is 48.4 Å². The Morgan fingerprint density at radius 3 is 0.868 bits per heavy atom. The Hall–Kier alpha value is -0.160. The molecule has 0 aromatic carbocycles. The van der Waals surface area contributed by atoms with Gasteiger partial charge in [-0.1, -0.05) is 142 Å². The summed E-state index contributed by atoms with van der Waals surface area (Å²) in [4.78, 5) is 5.00. The van der Waals surface area contributed by atoms with E-state index in [1.807, 2.05) is 0 Å². The summed E-state index contributed by atoms with van der Waals surface area (Å²) in [5.41, 5.74) is 0. The normalized spacial score (nSPS) is 11.8. The maximum absolute atomic E-state index is 3.61. The lowest BCUT2D eigenvalue weighted by Crippen LogP contribution is -2.36. The van der Waals surface area contributed by atoms with Crippen LogP contribution in [0.5, 0.6) is 0 Å². The third kappa shape index (κ3) is 32.1. The smallest absolute Gasteiger partial charge is 0.0104 e. The number of nitrogens with zero attached hydrogens (tertiary/aromatic N) is 2. The fourth-order valence-electron chi connectivity index (χ4n) is 5.28. The van der Waals surface area contributed by atoms with Gasteiger partial charge in [-0.25, -0.2) is 0 Å². The zero-order valence-corrected chi connectivity index (χ0v) is 27.1. The van der Waals surface area contributed by atoms with Gasteiger partial charge in [0.1, 0.15) is 0 Å². The Balaban J connectivity index is 3.23. The molecule has 0 saturated heterocycles. The molecule has 0 spiro atoms. The van der Waals surface area contributed by atoms with Crippen molar-refractivity contribution in [2.45, 2.75) is 155 Å². The lowest BCUT2D eigenvalue weighted by Gasteiger charge is -2.18. The predicted octanol–water partition coefficient (Wildman–Crippen LogP) is 8.65. The summed E-state index contributed by atoms with van der Waals surface area (Å²) < 4.78 is 0. The topological polar surface area (TPSA) is 30.5 Å². The molecule has 2 N–H and O–H groups in total. The van der Waals surface area contributed by atoms with E-state index in [-0.39, 0.29) is 0 Å². The van der Waals surface area contributed by atoms with Gasteiger partial charge in [-0.3, -0.25) is 0 Å². The Bertz CT molecular complexity index is 417. The van der Waals surface area contributed by atoms with Crippen molar-refractivity contribution in [2.24, 2.45) is 0 Å². The van der Waals surface area contributed by atoms with Crippen molar-refractivity contribution in [1.82, 2.24) is 20.4 Å². The molecular weight excluding hydrogens is 464 g/mol. The molecule has 0 atom stereocenters. The summed E-state index contributed by atoms with van der Waals surface area (Å²) in [6, 6.07) is 0. The van der Waals surface area contributed by atoms with Crippen LogP contribution in [0.1, 0.15) is 155 Å². The Labute approximate surface area is 241 Å². The van der Waals surface area contributed by atoms with Crippen LogP contribution in [0.25, 0.3) is 0 Å². The molecule has 0 aromatic heterocycles. The fraction of sp³-hybridized carbons (Fsp3) is 1.00. The quantitative estimate of drug-likeness (QED) is 0.0818. The van der Waals surface area contributed by atoms with E-state index in [9.17, 15) is 0 Å². The van der Waals surface area contributed by atoms with Crippen LogP contribution >= 0.6 is 0 Å². The maximum Gasteiger partial charge on any atom is 0.0104 e. The lowest BCUT2D eigenvalue weighted by atomic mass is 10.1. The van der Waals surface area contributed by atoms with E-state index < -0.39 is 0 Å². The number of rotatable bonds is 33.